The third kappa shape index (κ3) is 10.5. The first-order valence-electron chi connectivity index (χ1n) is 7.17. The lowest BCUT2D eigenvalue weighted by Crippen LogP contribution is -2.35. The number of hydrogen-bond acceptors (Lipinski definition) is 2. The number of carbonyl (C=O) groups is 2. The van der Waals surface area contributed by atoms with E-state index >= 15 is 0 Å². The Bertz CT molecular complexity index is 259. The third-order valence-corrected chi connectivity index (χ3v) is 3.08. The van der Waals surface area contributed by atoms with Crippen LogP contribution in [-0.4, -0.2) is 41.6 Å². The summed E-state index contributed by atoms with van der Waals surface area (Å²) in [5.41, 5.74) is 0. The predicted octanol–water partition coefficient (Wildman–Crippen LogP) is 3.01. The van der Waals surface area contributed by atoms with Crippen molar-refractivity contribution < 1.29 is 19.1 Å². The summed E-state index contributed by atoms with van der Waals surface area (Å²) in [5, 5.41) is 8.66. The van der Waals surface area contributed by atoms with Crippen molar-refractivity contribution in [3.63, 3.8) is 0 Å². The van der Waals surface area contributed by atoms with Crippen molar-refractivity contribution in [1.82, 2.24) is 4.90 Å². The topological polar surface area (TPSA) is 57.6 Å². The van der Waals surface area contributed by atoms with E-state index in [1.807, 2.05) is 0 Å². The summed E-state index contributed by atoms with van der Waals surface area (Å²) in [6.07, 6.45) is 7.00. The van der Waals surface area contributed by atoms with Crippen LogP contribution in [0.25, 0.3) is 0 Å². The SMILES string of the molecule is CCN(CC(=O)O)C(=O)CCCCCCCCCF. The molecule has 0 aliphatic heterocycles. The van der Waals surface area contributed by atoms with Crippen molar-refractivity contribution in [1.29, 1.82) is 0 Å². The number of hydrogen-bond donors (Lipinski definition) is 1. The molecule has 0 saturated carbocycles. The molecular weight excluding hydrogens is 249 g/mol. The van der Waals surface area contributed by atoms with Gasteiger partial charge in [0.2, 0.25) is 5.91 Å². The monoisotopic (exact) mass is 275 g/mol. The van der Waals surface area contributed by atoms with Gasteiger partial charge < -0.3 is 10.0 Å². The number of carbonyl (C=O) groups excluding carboxylic acids is 1. The minimum atomic E-state index is -0.969. The first-order chi connectivity index (χ1) is 9.11. The van der Waals surface area contributed by atoms with Crippen LogP contribution >= 0.6 is 0 Å². The number of rotatable bonds is 12. The van der Waals surface area contributed by atoms with Gasteiger partial charge in [-0.2, -0.15) is 0 Å². The van der Waals surface area contributed by atoms with Crippen molar-refractivity contribution in [2.75, 3.05) is 19.8 Å². The molecule has 5 heteroatoms. The highest BCUT2D eigenvalue weighted by Crippen LogP contribution is 2.09. The van der Waals surface area contributed by atoms with Gasteiger partial charge in [-0.25, -0.2) is 0 Å². The number of amides is 1. The fourth-order valence-electron chi connectivity index (χ4n) is 1.95. The molecule has 0 spiro atoms. The Labute approximate surface area is 115 Å². The molecular formula is C14H26FNO3. The minimum Gasteiger partial charge on any atom is -0.480 e. The summed E-state index contributed by atoms with van der Waals surface area (Å²) in [4.78, 5) is 23.6. The molecule has 0 unspecified atom stereocenters. The molecule has 0 atom stereocenters. The van der Waals surface area contributed by atoms with Gasteiger partial charge in [-0.3, -0.25) is 14.0 Å². The Morgan fingerprint density at radius 1 is 1.00 bits per heavy atom. The molecule has 112 valence electrons. The summed E-state index contributed by atoms with van der Waals surface area (Å²) in [6, 6.07) is 0. The number of carboxylic acid groups (broad SMARTS) is 1. The molecule has 0 aliphatic rings. The van der Waals surface area contributed by atoms with Crippen molar-refractivity contribution in [3.8, 4) is 0 Å². The summed E-state index contributed by atoms with van der Waals surface area (Å²) >= 11 is 0. The molecule has 1 N–H and O–H groups in total. The van der Waals surface area contributed by atoms with Gasteiger partial charge in [0, 0.05) is 13.0 Å². The predicted molar refractivity (Wildman–Crippen MR) is 72.8 cm³/mol. The molecule has 0 radical (unpaired) electrons. The number of aliphatic carboxylic acids is 1. The minimum absolute atomic E-state index is 0.0812. The summed E-state index contributed by atoms with van der Waals surface area (Å²) < 4.78 is 11.8. The van der Waals surface area contributed by atoms with E-state index in [1.54, 1.807) is 6.92 Å². The standard InChI is InChI=1S/C14H26FNO3/c1-2-16(12-14(18)19)13(17)10-8-6-4-3-5-7-9-11-15/h2-12H2,1H3,(H,18,19). The van der Waals surface area contributed by atoms with Crippen LogP contribution in [0.3, 0.4) is 0 Å². The molecule has 4 nitrogen and oxygen atoms in total. The second-order valence-electron chi connectivity index (χ2n) is 4.72. The van der Waals surface area contributed by atoms with E-state index in [-0.39, 0.29) is 19.1 Å². The number of alkyl halides is 1. The van der Waals surface area contributed by atoms with E-state index < -0.39 is 5.97 Å². The molecule has 0 rings (SSSR count). The molecule has 19 heavy (non-hydrogen) atoms. The van der Waals surface area contributed by atoms with E-state index in [0.717, 1.165) is 38.5 Å². The molecule has 0 aromatic heterocycles. The quantitative estimate of drug-likeness (QED) is 0.557. The van der Waals surface area contributed by atoms with Gasteiger partial charge in [0.25, 0.3) is 0 Å². The van der Waals surface area contributed by atoms with Crippen LogP contribution in [0, 0.1) is 0 Å². The Kier molecular flexibility index (Phi) is 11.2. The van der Waals surface area contributed by atoms with Gasteiger partial charge in [0.15, 0.2) is 0 Å². The van der Waals surface area contributed by atoms with Crippen LogP contribution in [0.4, 0.5) is 4.39 Å². The van der Waals surface area contributed by atoms with Crippen LogP contribution < -0.4 is 0 Å². The Balaban J connectivity index is 3.53. The van der Waals surface area contributed by atoms with Gasteiger partial charge in [-0.15, -0.1) is 0 Å². The van der Waals surface area contributed by atoms with Gasteiger partial charge in [-0.1, -0.05) is 32.1 Å². The molecule has 1 amide bonds. The molecule has 0 bridgehead atoms. The summed E-state index contributed by atoms with van der Waals surface area (Å²) in [6.45, 7) is 1.78. The van der Waals surface area contributed by atoms with Crippen LogP contribution in [0.2, 0.25) is 0 Å². The number of unbranched alkanes of at least 4 members (excludes halogenated alkanes) is 6. The highest BCUT2D eigenvalue weighted by molar-refractivity contribution is 5.81. The zero-order valence-corrected chi connectivity index (χ0v) is 11.9. The molecule has 0 aromatic carbocycles. The smallest absolute Gasteiger partial charge is 0.323 e. The normalized spacial score (nSPS) is 10.4. The highest BCUT2D eigenvalue weighted by Gasteiger charge is 2.13. The van der Waals surface area contributed by atoms with Crippen LogP contribution in [0.15, 0.2) is 0 Å². The van der Waals surface area contributed by atoms with E-state index in [2.05, 4.69) is 0 Å². The van der Waals surface area contributed by atoms with Crippen LogP contribution in [0.5, 0.6) is 0 Å². The summed E-state index contributed by atoms with van der Waals surface area (Å²) in [5.74, 6) is -1.05. The van der Waals surface area contributed by atoms with Gasteiger partial charge >= 0.3 is 5.97 Å². The van der Waals surface area contributed by atoms with Crippen molar-refractivity contribution in [2.24, 2.45) is 0 Å². The average molecular weight is 275 g/mol. The molecule has 0 aromatic rings. The van der Waals surface area contributed by atoms with E-state index in [4.69, 9.17) is 5.11 Å². The average Bonchev–Trinajstić information content (AvgIpc) is 2.38. The van der Waals surface area contributed by atoms with E-state index in [0.29, 0.717) is 19.4 Å². The molecule has 0 saturated heterocycles. The second-order valence-corrected chi connectivity index (χ2v) is 4.72. The molecule has 0 aliphatic carbocycles. The Hall–Kier alpha value is -1.13. The highest BCUT2D eigenvalue weighted by atomic mass is 19.1. The fraction of sp³-hybridized carbons (Fsp3) is 0.857. The van der Waals surface area contributed by atoms with E-state index in [1.165, 1.54) is 4.90 Å². The number of nitrogens with zero attached hydrogens (tertiary/aromatic N) is 1. The number of likely N-dealkylation sites (N-methyl/N-ethyl adjacent to an activating group) is 1. The Morgan fingerprint density at radius 2 is 1.53 bits per heavy atom. The van der Waals surface area contributed by atoms with Gasteiger partial charge in [-0.05, 0) is 19.8 Å². The zero-order chi connectivity index (χ0) is 14.5. The van der Waals surface area contributed by atoms with Crippen molar-refractivity contribution in [2.45, 2.75) is 58.3 Å². The fourth-order valence-corrected chi connectivity index (χ4v) is 1.95. The Morgan fingerprint density at radius 3 is 2.00 bits per heavy atom. The maximum Gasteiger partial charge on any atom is 0.323 e. The molecule has 0 heterocycles. The van der Waals surface area contributed by atoms with Crippen molar-refractivity contribution in [3.05, 3.63) is 0 Å². The third-order valence-electron chi connectivity index (χ3n) is 3.08. The van der Waals surface area contributed by atoms with Crippen LogP contribution in [-0.2, 0) is 9.59 Å². The maximum absolute atomic E-state index is 11.8. The van der Waals surface area contributed by atoms with Crippen molar-refractivity contribution >= 4 is 11.9 Å². The van der Waals surface area contributed by atoms with Crippen LogP contribution in [0.1, 0.15) is 58.3 Å². The first-order valence-corrected chi connectivity index (χ1v) is 7.17. The van der Waals surface area contributed by atoms with Gasteiger partial charge in [0.1, 0.15) is 6.54 Å². The lowest BCUT2D eigenvalue weighted by molar-refractivity contribution is -0.144. The maximum atomic E-state index is 11.8. The number of carboxylic acids is 1. The molecule has 0 fully saturated rings. The number of halogens is 1. The first kappa shape index (κ1) is 17.9. The lowest BCUT2D eigenvalue weighted by Gasteiger charge is -2.18. The van der Waals surface area contributed by atoms with E-state index in [9.17, 15) is 14.0 Å². The summed E-state index contributed by atoms with van der Waals surface area (Å²) in [7, 11) is 0. The second kappa shape index (κ2) is 11.9. The lowest BCUT2D eigenvalue weighted by atomic mass is 10.1. The zero-order valence-electron chi connectivity index (χ0n) is 11.9. The largest absolute Gasteiger partial charge is 0.480 e. The van der Waals surface area contributed by atoms with Gasteiger partial charge in [0.05, 0.1) is 6.67 Å².